The van der Waals surface area contributed by atoms with Crippen molar-refractivity contribution in [2.45, 2.75) is 6.92 Å². The summed E-state index contributed by atoms with van der Waals surface area (Å²) in [5, 5.41) is 16.6. The molecule has 0 radical (unpaired) electrons. The Kier molecular flexibility index (Phi) is 4.26. The maximum absolute atomic E-state index is 13.7. The van der Waals surface area contributed by atoms with Crippen molar-refractivity contribution >= 4 is 22.6 Å². The predicted molar refractivity (Wildman–Crippen MR) is 100 cm³/mol. The fourth-order valence-electron chi connectivity index (χ4n) is 2.90. The summed E-state index contributed by atoms with van der Waals surface area (Å²) < 4.78 is 15.1. The third-order valence-electron chi connectivity index (χ3n) is 4.13. The average molecular weight is 372 g/mol. The number of carbonyl (C=O) groups excluding carboxylic acids is 1. The number of nitrogens with one attached hydrogen (secondary N) is 1. The largest absolute Gasteiger partial charge is 0.305 e. The smallest absolute Gasteiger partial charge is 0.257 e. The molecular formula is C20H13FN6O. The monoisotopic (exact) mass is 372 g/mol. The van der Waals surface area contributed by atoms with Crippen molar-refractivity contribution in [1.29, 1.82) is 5.26 Å². The normalized spacial score (nSPS) is 10.6. The van der Waals surface area contributed by atoms with Crippen LogP contribution in [0.25, 0.3) is 16.7 Å². The lowest BCUT2D eigenvalue weighted by Gasteiger charge is -2.11. The van der Waals surface area contributed by atoms with Crippen molar-refractivity contribution in [2.75, 3.05) is 5.32 Å². The molecule has 0 unspecified atom stereocenters. The Bertz CT molecular complexity index is 1240. The number of aryl methyl sites for hydroxylation is 1. The Morgan fingerprint density at radius 2 is 2.11 bits per heavy atom. The van der Waals surface area contributed by atoms with E-state index in [1.54, 1.807) is 37.4 Å². The number of nitriles is 1. The lowest BCUT2D eigenvalue weighted by molar-refractivity contribution is 0.102. The lowest BCUT2D eigenvalue weighted by atomic mass is 10.1. The van der Waals surface area contributed by atoms with Crippen LogP contribution in [0.5, 0.6) is 0 Å². The van der Waals surface area contributed by atoms with Crippen molar-refractivity contribution in [3.05, 3.63) is 77.5 Å². The summed E-state index contributed by atoms with van der Waals surface area (Å²) in [5.41, 5.74) is 1.55. The van der Waals surface area contributed by atoms with E-state index in [2.05, 4.69) is 20.4 Å². The highest BCUT2D eigenvalue weighted by Crippen LogP contribution is 2.23. The minimum Gasteiger partial charge on any atom is -0.305 e. The predicted octanol–water partition coefficient (Wildman–Crippen LogP) is 3.39. The number of fused-ring (bicyclic) bond motifs is 1. The Morgan fingerprint density at radius 3 is 2.86 bits per heavy atom. The van der Waals surface area contributed by atoms with Crippen LogP contribution in [0, 0.1) is 24.1 Å². The molecule has 8 heteroatoms. The first-order valence-corrected chi connectivity index (χ1v) is 8.34. The van der Waals surface area contributed by atoms with Gasteiger partial charge in [0.25, 0.3) is 5.91 Å². The van der Waals surface area contributed by atoms with Gasteiger partial charge in [-0.05, 0) is 43.3 Å². The minimum atomic E-state index is -0.504. The van der Waals surface area contributed by atoms with E-state index in [1.165, 1.54) is 29.1 Å². The van der Waals surface area contributed by atoms with Crippen LogP contribution in [0.3, 0.4) is 0 Å². The molecule has 0 spiro atoms. The fraction of sp³-hybridized carbons (Fsp3) is 0.0500. The van der Waals surface area contributed by atoms with E-state index in [4.69, 9.17) is 0 Å². The maximum atomic E-state index is 13.7. The molecule has 0 aliphatic heterocycles. The van der Waals surface area contributed by atoms with Crippen LogP contribution < -0.4 is 5.32 Å². The summed E-state index contributed by atoms with van der Waals surface area (Å²) in [6.45, 7) is 1.75. The van der Waals surface area contributed by atoms with Crippen LogP contribution >= 0.6 is 0 Å². The van der Waals surface area contributed by atoms with Gasteiger partial charge in [-0.15, -0.1) is 0 Å². The molecule has 7 nitrogen and oxygen atoms in total. The lowest BCUT2D eigenvalue weighted by Crippen LogP contribution is -2.17. The number of hydrogen-bond acceptors (Lipinski definition) is 5. The molecule has 3 heterocycles. The van der Waals surface area contributed by atoms with Crippen molar-refractivity contribution in [1.82, 2.24) is 19.7 Å². The number of anilines is 1. The first kappa shape index (κ1) is 17.3. The van der Waals surface area contributed by atoms with Crippen LogP contribution in [0.15, 0.2) is 54.9 Å². The minimum absolute atomic E-state index is 0.181. The Labute approximate surface area is 159 Å². The number of pyridine rings is 2. The van der Waals surface area contributed by atoms with Gasteiger partial charge in [-0.3, -0.25) is 9.78 Å². The van der Waals surface area contributed by atoms with Gasteiger partial charge in [0.05, 0.1) is 17.3 Å². The second kappa shape index (κ2) is 6.89. The van der Waals surface area contributed by atoms with E-state index >= 15 is 0 Å². The fourth-order valence-corrected chi connectivity index (χ4v) is 2.90. The highest BCUT2D eigenvalue weighted by atomic mass is 19.1. The van der Waals surface area contributed by atoms with E-state index in [9.17, 15) is 14.4 Å². The van der Waals surface area contributed by atoms with Gasteiger partial charge in [0.15, 0.2) is 11.6 Å². The number of aromatic nitrogens is 4. The van der Waals surface area contributed by atoms with Crippen molar-refractivity contribution in [2.24, 2.45) is 0 Å². The number of nitrogens with zero attached hydrogens (tertiary/aromatic N) is 5. The summed E-state index contributed by atoms with van der Waals surface area (Å²) >= 11 is 0. The number of hydrogen-bond donors (Lipinski definition) is 1. The first-order chi connectivity index (χ1) is 13.6. The van der Waals surface area contributed by atoms with Crippen molar-refractivity contribution in [3.8, 4) is 11.9 Å². The molecule has 0 aliphatic rings. The topological polar surface area (TPSA) is 96.5 Å². The van der Waals surface area contributed by atoms with Crippen LogP contribution in [0.1, 0.15) is 21.6 Å². The van der Waals surface area contributed by atoms with Gasteiger partial charge in [-0.1, -0.05) is 6.07 Å². The Balaban J connectivity index is 1.80. The van der Waals surface area contributed by atoms with Gasteiger partial charge < -0.3 is 5.32 Å². The first-order valence-electron chi connectivity index (χ1n) is 8.34. The van der Waals surface area contributed by atoms with Crippen LogP contribution in [-0.4, -0.2) is 25.7 Å². The molecule has 1 N–H and O–H groups in total. The molecule has 0 bridgehead atoms. The van der Waals surface area contributed by atoms with Gasteiger partial charge >= 0.3 is 0 Å². The summed E-state index contributed by atoms with van der Waals surface area (Å²) in [5.74, 6) is -0.343. The Morgan fingerprint density at radius 1 is 1.25 bits per heavy atom. The zero-order valence-electron chi connectivity index (χ0n) is 14.7. The molecule has 4 aromatic rings. The summed E-state index contributed by atoms with van der Waals surface area (Å²) in [6.07, 6.45) is 2.93. The number of carbonyl (C=O) groups is 1. The maximum Gasteiger partial charge on any atom is 0.257 e. The molecule has 0 aliphatic carbocycles. The zero-order chi connectivity index (χ0) is 19.7. The molecule has 136 valence electrons. The SMILES string of the molecule is Cc1cc(C(=O)Nc2c(C#N)cnn2-c2ccccn2)c2cc(F)ccc2n1. The van der Waals surface area contributed by atoms with E-state index in [-0.39, 0.29) is 16.9 Å². The summed E-state index contributed by atoms with van der Waals surface area (Å²) in [7, 11) is 0. The summed E-state index contributed by atoms with van der Waals surface area (Å²) in [4.78, 5) is 21.5. The average Bonchev–Trinajstić information content (AvgIpc) is 3.10. The highest BCUT2D eigenvalue weighted by molar-refractivity contribution is 6.12. The van der Waals surface area contributed by atoms with Gasteiger partial charge in [0.1, 0.15) is 17.4 Å². The molecule has 1 amide bonds. The molecule has 1 aromatic carbocycles. The molecule has 4 rings (SSSR count). The number of halogens is 1. The van der Waals surface area contributed by atoms with Gasteiger partial charge in [-0.2, -0.15) is 15.0 Å². The van der Waals surface area contributed by atoms with E-state index in [0.717, 1.165) is 0 Å². The van der Waals surface area contributed by atoms with Crippen LogP contribution in [-0.2, 0) is 0 Å². The zero-order valence-corrected chi connectivity index (χ0v) is 14.7. The molecule has 0 saturated heterocycles. The van der Waals surface area contributed by atoms with Crippen LogP contribution in [0.2, 0.25) is 0 Å². The second-order valence-corrected chi connectivity index (χ2v) is 6.05. The molecule has 0 atom stereocenters. The number of rotatable bonds is 3. The van der Waals surface area contributed by atoms with Gasteiger partial charge in [-0.25, -0.2) is 9.37 Å². The van der Waals surface area contributed by atoms with Gasteiger partial charge in [0, 0.05) is 17.3 Å². The molecule has 0 saturated carbocycles. The molecule has 28 heavy (non-hydrogen) atoms. The molecular weight excluding hydrogens is 359 g/mol. The summed E-state index contributed by atoms with van der Waals surface area (Å²) in [6, 6.07) is 12.9. The Hall–Kier alpha value is -4.12. The van der Waals surface area contributed by atoms with E-state index in [1.807, 2.05) is 6.07 Å². The van der Waals surface area contributed by atoms with Crippen LogP contribution in [0.4, 0.5) is 10.2 Å². The van der Waals surface area contributed by atoms with Gasteiger partial charge in [0.2, 0.25) is 0 Å². The second-order valence-electron chi connectivity index (χ2n) is 6.05. The van der Waals surface area contributed by atoms with E-state index in [0.29, 0.717) is 22.4 Å². The number of benzene rings is 1. The third kappa shape index (κ3) is 3.05. The van der Waals surface area contributed by atoms with E-state index < -0.39 is 11.7 Å². The quantitative estimate of drug-likeness (QED) is 0.595. The van der Waals surface area contributed by atoms with Crippen molar-refractivity contribution < 1.29 is 9.18 Å². The third-order valence-corrected chi connectivity index (χ3v) is 4.13. The van der Waals surface area contributed by atoms with Crippen molar-refractivity contribution in [3.63, 3.8) is 0 Å². The standard InChI is InChI=1S/C20H13FN6O/c1-12-8-16(15-9-14(21)5-6-17(15)25-12)20(28)26-19-13(10-22)11-24-27(19)18-4-2-3-7-23-18/h2-9,11H,1H3,(H,26,28). The molecule has 0 fully saturated rings. The molecule has 3 aromatic heterocycles. The highest BCUT2D eigenvalue weighted by Gasteiger charge is 2.19. The number of amides is 1.